The van der Waals surface area contributed by atoms with Crippen LogP contribution in [0.15, 0.2) is 18.2 Å². The van der Waals surface area contributed by atoms with Crippen molar-refractivity contribution in [2.45, 2.75) is 65.0 Å². The Bertz CT molecular complexity index is 957. The number of hydrogen-bond acceptors (Lipinski definition) is 5. The smallest absolute Gasteiger partial charge is 0.224 e. The van der Waals surface area contributed by atoms with Gasteiger partial charge in [0.1, 0.15) is 23.0 Å². The normalized spacial score (nSPS) is 19.0. The maximum Gasteiger partial charge on any atom is 0.224 e. The molecule has 2 aromatic rings. The van der Waals surface area contributed by atoms with Gasteiger partial charge in [0.15, 0.2) is 5.78 Å². The van der Waals surface area contributed by atoms with Crippen molar-refractivity contribution in [2.24, 2.45) is 0 Å². The van der Waals surface area contributed by atoms with Crippen LogP contribution in [0.1, 0.15) is 66.2 Å². The molecule has 7 nitrogen and oxygen atoms in total. The fraction of sp³-hybridized carbons (Fsp3) is 0.545. The van der Waals surface area contributed by atoms with Gasteiger partial charge in [0, 0.05) is 32.4 Å². The molecule has 7 heteroatoms. The highest BCUT2D eigenvalue weighted by Crippen LogP contribution is 2.39. The quantitative estimate of drug-likeness (QED) is 0.796. The maximum atomic E-state index is 12.8. The summed E-state index contributed by atoms with van der Waals surface area (Å²) >= 11 is 0. The molecule has 0 aliphatic carbocycles. The Balaban J connectivity index is 1.39. The van der Waals surface area contributed by atoms with Crippen LogP contribution in [0.3, 0.4) is 0 Å². The molecule has 29 heavy (non-hydrogen) atoms. The monoisotopic (exact) mass is 396 g/mol. The van der Waals surface area contributed by atoms with Crippen molar-refractivity contribution in [3.05, 3.63) is 41.0 Å². The van der Waals surface area contributed by atoms with Crippen LogP contribution in [0.4, 0.5) is 0 Å². The number of benzene rings is 1. The van der Waals surface area contributed by atoms with Crippen LogP contribution in [-0.4, -0.2) is 50.0 Å². The van der Waals surface area contributed by atoms with Crippen LogP contribution in [-0.2, 0) is 4.79 Å². The summed E-state index contributed by atoms with van der Waals surface area (Å²) in [4.78, 5) is 31.7. The number of ketones is 1. The average Bonchev–Trinajstić information content (AvgIpc) is 3.01. The minimum absolute atomic E-state index is 0.0396. The highest BCUT2D eigenvalue weighted by molar-refractivity contribution is 6.00. The van der Waals surface area contributed by atoms with Crippen LogP contribution in [0.5, 0.6) is 5.75 Å². The Kier molecular flexibility index (Phi) is 4.92. The first-order chi connectivity index (χ1) is 13.8. The number of hydrogen-bond donors (Lipinski definition) is 0. The van der Waals surface area contributed by atoms with E-state index in [4.69, 9.17) is 4.74 Å². The molecule has 0 bridgehead atoms. The van der Waals surface area contributed by atoms with Gasteiger partial charge in [-0.1, -0.05) is 11.6 Å². The third-order valence-corrected chi connectivity index (χ3v) is 6.07. The molecule has 2 aliphatic rings. The second-order valence-electron chi connectivity index (χ2n) is 8.47. The van der Waals surface area contributed by atoms with Crippen molar-refractivity contribution in [3.8, 4) is 5.75 Å². The maximum absolute atomic E-state index is 12.8. The van der Waals surface area contributed by atoms with Crippen molar-refractivity contribution >= 4 is 11.7 Å². The molecule has 0 radical (unpaired) electrons. The van der Waals surface area contributed by atoms with Gasteiger partial charge >= 0.3 is 0 Å². The highest BCUT2D eigenvalue weighted by atomic mass is 16.5. The van der Waals surface area contributed by atoms with Crippen molar-refractivity contribution < 1.29 is 14.3 Å². The van der Waals surface area contributed by atoms with Crippen molar-refractivity contribution in [1.29, 1.82) is 0 Å². The molecule has 154 valence electrons. The third kappa shape index (κ3) is 3.78. The van der Waals surface area contributed by atoms with E-state index in [0.717, 1.165) is 17.2 Å². The topological polar surface area (TPSA) is 77.3 Å². The number of carbonyl (C=O) groups excluding carboxylic acids is 2. The van der Waals surface area contributed by atoms with Gasteiger partial charge in [0.25, 0.3) is 0 Å². The number of Topliss-reactive ketones (excluding diaryl/α,β-unsaturated/α-hetero) is 1. The SMILES string of the molecule is Cc1ccc2c(c1)C(=O)CC1(CCN(C(=O)C[C@H](C)n3nc(C)nc3C)CC1)O2. The zero-order valence-corrected chi connectivity index (χ0v) is 17.6. The van der Waals surface area contributed by atoms with Crippen molar-refractivity contribution in [3.63, 3.8) is 0 Å². The minimum atomic E-state index is -0.485. The van der Waals surface area contributed by atoms with Crippen LogP contribution < -0.4 is 4.74 Å². The first-order valence-corrected chi connectivity index (χ1v) is 10.3. The molecule has 1 atom stereocenters. The highest BCUT2D eigenvalue weighted by Gasteiger charge is 2.43. The lowest BCUT2D eigenvalue weighted by Crippen LogP contribution is -2.52. The number of likely N-dealkylation sites (tertiary alicyclic amines) is 1. The zero-order chi connectivity index (χ0) is 20.8. The second-order valence-corrected chi connectivity index (χ2v) is 8.47. The number of aryl methyl sites for hydroxylation is 3. The van der Waals surface area contributed by atoms with Gasteiger partial charge in [-0.2, -0.15) is 5.10 Å². The molecule has 1 aromatic carbocycles. The molecule has 1 saturated heterocycles. The summed E-state index contributed by atoms with van der Waals surface area (Å²) in [6.07, 6.45) is 2.12. The molecule has 1 amide bonds. The summed E-state index contributed by atoms with van der Waals surface area (Å²) in [5, 5.41) is 4.39. The van der Waals surface area contributed by atoms with Gasteiger partial charge < -0.3 is 9.64 Å². The van der Waals surface area contributed by atoms with E-state index in [1.165, 1.54) is 0 Å². The molecular weight excluding hydrogens is 368 g/mol. The molecule has 0 unspecified atom stereocenters. The molecule has 1 fully saturated rings. The fourth-order valence-corrected chi connectivity index (χ4v) is 4.47. The summed E-state index contributed by atoms with van der Waals surface area (Å²) in [5.74, 6) is 2.47. The van der Waals surface area contributed by atoms with Gasteiger partial charge in [0.2, 0.25) is 5.91 Å². The zero-order valence-electron chi connectivity index (χ0n) is 17.6. The number of nitrogens with zero attached hydrogens (tertiary/aromatic N) is 4. The standard InChI is InChI=1S/C22H28N4O3/c1-14-5-6-20-18(11-14)19(27)13-22(29-20)7-9-25(10-8-22)21(28)12-15(2)26-17(4)23-16(3)24-26/h5-6,11,15H,7-10,12-13H2,1-4H3/t15-/m0/s1. The van der Waals surface area contributed by atoms with Crippen molar-refractivity contribution in [1.82, 2.24) is 19.7 Å². The Labute approximate surface area is 171 Å². The fourth-order valence-electron chi connectivity index (χ4n) is 4.47. The van der Waals surface area contributed by atoms with Crippen LogP contribution in [0.25, 0.3) is 0 Å². The van der Waals surface area contributed by atoms with Gasteiger partial charge in [-0.15, -0.1) is 0 Å². The first kappa shape index (κ1) is 19.6. The van der Waals surface area contributed by atoms with Crippen LogP contribution in [0, 0.1) is 20.8 Å². The Morgan fingerprint density at radius 3 is 2.62 bits per heavy atom. The van der Waals surface area contributed by atoms with Gasteiger partial charge in [-0.3, -0.25) is 9.59 Å². The Hall–Kier alpha value is -2.70. The van der Waals surface area contributed by atoms with E-state index < -0.39 is 5.60 Å². The van der Waals surface area contributed by atoms with Crippen LogP contribution >= 0.6 is 0 Å². The molecule has 1 aromatic heterocycles. The summed E-state index contributed by atoms with van der Waals surface area (Å²) in [5.41, 5.74) is 1.26. The van der Waals surface area contributed by atoms with E-state index in [-0.39, 0.29) is 17.7 Å². The number of fused-ring (bicyclic) bond motifs is 1. The second kappa shape index (κ2) is 7.28. The number of aromatic nitrogens is 3. The minimum Gasteiger partial charge on any atom is -0.486 e. The summed E-state index contributed by atoms with van der Waals surface area (Å²) < 4.78 is 8.12. The molecule has 1 spiro atoms. The predicted molar refractivity (Wildman–Crippen MR) is 108 cm³/mol. The van der Waals surface area contributed by atoms with E-state index in [9.17, 15) is 9.59 Å². The summed E-state index contributed by atoms with van der Waals surface area (Å²) in [7, 11) is 0. The molecule has 0 saturated carbocycles. The lowest BCUT2D eigenvalue weighted by atomic mass is 9.82. The predicted octanol–water partition coefficient (Wildman–Crippen LogP) is 3.18. The number of rotatable bonds is 3. The van der Waals surface area contributed by atoms with Crippen molar-refractivity contribution in [2.75, 3.05) is 13.1 Å². The lowest BCUT2D eigenvalue weighted by Gasteiger charge is -2.44. The average molecular weight is 396 g/mol. The van der Waals surface area contributed by atoms with Crippen LogP contribution in [0.2, 0.25) is 0 Å². The summed E-state index contributed by atoms with van der Waals surface area (Å²) in [6, 6.07) is 5.73. The molecule has 4 rings (SSSR count). The lowest BCUT2D eigenvalue weighted by molar-refractivity contribution is -0.135. The number of amides is 1. The van der Waals surface area contributed by atoms with E-state index >= 15 is 0 Å². The number of carbonyl (C=O) groups is 2. The number of ether oxygens (including phenoxy) is 1. The van der Waals surface area contributed by atoms with Gasteiger partial charge in [0.05, 0.1) is 18.0 Å². The molecule has 0 N–H and O–H groups in total. The van der Waals surface area contributed by atoms with E-state index in [2.05, 4.69) is 10.1 Å². The summed E-state index contributed by atoms with van der Waals surface area (Å²) in [6.45, 7) is 8.94. The van der Waals surface area contributed by atoms with E-state index in [0.29, 0.717) is 50.1 Å². The first-order valence-electron chi connectivity index (χ1n) is 10.3. The molecule has 2 aliphatic heterocycles. The third-order valence-electron chi connectivity index (χ3n) is 6.07. The van der Waals surface area contributed by atoms with Gasteiger partial charge in [-0.05, 0) is 39.8 Å². The Morgan fingerprint density at radius 1 is 1.24 bits per heavy atom. The molecular formula is C22H28N4O3. The largest absolute Gasteiger partial charge is 0.486 e. The molecule has 3 heterocycles. The Morgan fingerprint density at radius 2 is 1.97 bits per heavy atom. The van der Waals surface area contributed by atoms with E-state index in [1.807, 2.05) is 55.5 Å². The van der Waals surface area contributed by atoms with Gasteiger partial charge in [-0.25, -0.2) is 9.67 Å². The van der Waals surface area contributed by atoms with E-state index in [1.54, 1.807) is 0 Å². The number of piperidine rings is 1.